The molecular formula is C50H40N2S. The van der Waals surface area contributed by atoms with E-state index in [4.69, 9.17) is 4.99 Å². The lowest BCUT2D eigenvalue weighted by molar-refractivity contribution is 1.18. The van der Waals surface area contributed by atoms with Crippen LogP contribution in [0.15, 0.2) is 197 Å². The fourth-order valence-corrected chi connectivity index (χ4v) is 8.28. The van der Waals surface area contributed by atoms with Crippen LogP contribution in [0.5, 0.6) is 0 Å². The van der Waals surface area contributed by atoms with E-state index < -0.39 is 0 Å². The van der Waals surface area contributed by atoms with Crippen molar-refractivity contribution in [2.45, 2.75) is 25.7 Å². The summed E-state index contributed by atoms with van der Waals surface area (Å²) < 4.78 is 2.36. The molecule has 0 saturated heterocycles. The van der Waals surface area contributed by atoms with Crippen molar-refractivity contribution in [3.05, 3.63) is 204 Å². The summed E-state index contributed by atoms with van der Waals surface area (Å²) in [6.07, 6.45) is 0. The Labute approximate surface area is 316 Å². The van der Waals surface area contributed by atoms with Crippen LogP contribution in [0.1, 0.15) is 37.5 Å². The number of fused-ring (bicyclic) bond motifs is 4. The summed E-state index contributed by atoms with van der Waals surface area (Å²) in [7, 11) is 0. The summed E-state index contributed by atoms with van der Waals surface area (Å²) in [6, 6.07) is 62.6. The van der Waals surface area contributed by atoms with E-state index >= 15 is 0 Å². The predicted octanol–water partition coefficient (Wildman–Crippen LogP) is 14.1. The molecule has 256 valence electrons. The smallest absolute Gasteiger partial charge is 0.0863 e. The Kier molecular flexibility index (Phi) is 9.50. The molecule has 0 radical (unpaired) electrons. The molecule has 0 bridgehead atoms. The minimum absolute atomic E-state index is 0.754. The first-order valence-electron chi connectivity index (χ1n) is 18.2. The lowest BCUT2D eigenvalue weighted by atomic mass is 9.97. The zero-order valence-electron chi connectivity index (χ0n) is 30.3. The normalized spacial score (nSPS) is 13.8. The van der Waals surface area contributed by atoms with Crippen molar-refractivity contribution < 1.29 is 0 Å². The van der Waals surface area contributed by atoms with Crippen molar-refractivity contribution in [2.24, 2.45) is 4.99 Å². The van der Waals surface area contributed by atoms with Gasteiger partial charge in [-0.2, -0.15) is 0 Å². The average Bonchev–Trinajstić information content (AvgIpc) is 3.77. The van der Waals surface area contributed by atoms with E-state index in [0.717, 1.165) is 38.7 Å². The van der Waals surface area contributed by atoms with Gasteiger partial charge in [-0.3, -0.25) is 0 Å². The second kappa shape index (κ2) is 14.8. The number of aliphatic imine (C=N–C) groups is 1. The molecule has 8 aromatic rings. The van der Waals surface area contributed by atoms with Gasteiger partial charge in [0, 0.05) is 31.8 Å². The highest BCUT2D eigenvalue weighted by atomic mass is 32.2. The molecule has 0 spiro atoms. The molecule has 0 amide bonds. The van der Waals surface area contributed by atoms with Gasteiger partial charge in [0.05, 0.1) is 22.4 Å². The van der Waals surface area contributed by atoms with Crippen molar-refractivity contribution in [3.8, 4) is 27.9 Å². The highest BCUT2D eigenvalue weighted by molar-refractivity contribution is 8.05. The van der Waals surface area contributed by atoms with Crippen LogP contribution in [0.25, 0.3) is 61.0 Å². The van der Waals surface area contributed by atoms with Crippen LogP contribution < -0.4 is 0 Å². The Hall–Kier alpha value is -6.16. The molecule has 0 fully saturated rings. The number of hydrogen-bond donors (Lipinski definition) is 0. The van der Waals surface area contributed by atoms with Gasteiger partial charge in [-0.05, 0) is 82.3 Å². The first-order valence-corrected chi connectivity index (χ1v) is 19.1. The molecule has 1 aliphatic heterocycles. The zero-order chi connectivity index (χ0) is 36.3. The Morgan fingerprint density at radius 2 is 1.04 bits per heavy atom. The number of allylic oxidation sites excluding steroid dienone is 2. The molecule has 0 N–H and O–H groups in total. The minimum atomic E-state index is 0.754. The van der Waals surface area contributed by atoms with Crippen LogP contribution in [0.2, 0.25) is 0 Å². The third-order valence-electron chi connectivity index (χ3n) is 9.82. The van der Waals surface area contributed by atoms with Crippen LogP contribution in [-0.4, -0.2) is 10.3 Å². The summed E-state index contributed by atoms with van der Waals surface area (Å²) in [6.45, 7) is 10.6. The molecule has 0 saturated carbocycles. The fourth-order valence-electron chi connectivity index (χ4n) is 7.14. The van der Waals surface area contributed by atoms with Crippen LogP contribution in [0, 0.1) is 0 Å². The van der Waals surface area contributed by atoms with E-state index in [1.165, 1.54) is 54.5 Å². The Morgan fingerprint density at radius 3 is 1.68 bits per heavy atom. The van der Waals surface area contributed by atoms with E-state index in [2.05, 4.69) is 176 Å². The number of hydrogen-bond acceptors (Lipinski definition) is 2. The second-order valence-electron chi connectivity index (χ2n) is 12.9. The number of nitrogens with zero attached hydrogens (tertiary/aromatic N) is 2. The van der Waals surface area contributed by atoms with E-state index in [-0.39, 0.29) is 0 Å². The SMILES string of the molecule is C=C(N=C1/C(=C(\C)c2ccc(-c3ccccc3)cc2)Sc2ccc(-c3ccc(-n4c5ccccc5c5ccccc54)cc3)cc21)c1ccccc1.CC. The maximum Gasteiger partial charge on any atom is 0.0863 e. The lowest BCUT2D eigenvalue weighted by Gasteiger charge is -2.11. The van der Waals surface area contributed by atoms with Gasteiger partial charge in [0.25, 0.3) is 0 Å². The quantitative estimate of drug-likeness (QED) is 0.169. The number of thioether (sulfide) groups is 1. The minimum Gasteiger partial charge on any atom is -0.309 e. The fraction of sp³-hybridized carbons (Fsp3) is 0.0600. The zero-order valence-corrected chi connectivity index (χ0v) is 31.1. The first kappa shape index (κ1) is 34.0. The molecule has 0 aliphatic carbocycles. The van der Waals surface area contributed by atoms with Gasteiger partial charge in [-0.15, -0.1) is 0 Å². The van der Waals surface area contributed by atoms with Crippen molar-refractivity contribution in [1.82, 2.24) is 4.57 Å². The number of benzene rings is 7. The molecule has 0 atom stereocenters. The van der Waals surface area contributed by atoms with Crippen molar-refractivity contribution in [2.75, 3.05) is 0 Å². The molecule has 3 heteroatoms. The number of para-hydroxylation sites is 2. The van der Waals surface area contributed by atoms with E-state index in [0.29, 0.717) is 0 Å². The second-order valence-corrected chi connectivity index (χ2v) is 14.0. The number of aromatic nitrogens is 1. The molecule has 9 rings (SSSR count). The summed E-state index contributed by atoms with van der Waals surface area (Å²) in [5, 5.41) is 2.53. The third-order valence-corrected chi connectivity index (χ3v) is 11.1. The largest absolute Gasteiger partial charge is 0.309 e. The maximum absolute atomic E-state index is 5.26. The first-order chi connectivity index (χ1) is 26.1. The van der Waals surface area contributed by atoms with E-state index in [9.17, 15) is 0 Å². The molecule has 7 aromatic carbocycles. The van der Waals surface area contributed by atoms with Crippen LogP contribution in [-0.2, 0) is 0 Å². The van der Waals surface area contributed by atoms with Gasteiger partial charge in [-0.25, -0.2) is 4.99 Å². The highest BCUT2D eigenvalue weighted by Crippen LogP contribution is 2.46. The van der Waals surface area contributed by atoms with E-state index in [1.54, 1.807) is 11.8 Å². The van der Waals surface area contributed by atoms with Gasteiger partial charge in [0.15, 0.2) is 0 Å². The predicted molar refractivity (Wildman–Crippen MR) is 230 cm³/mol. The lowest BCUT2D eigenvalue weighted by Crippen LogP contribution is -2.01. The van der Waals surface area contributed by atoms with Crippen LogP contribution in [0.3, 0.4) is 0 Å². The Balaban J connectivity index is 0.00000197. The van der Waals surface area contributed by atoms with Gasteiger partial charge in [-0.1, -0.05) is 172 Å². The molecular weight excluding hydrogens is 661 g/mol. The highest BCUT2D eigenvalue weighted by Gasteiger charge is 2.27. The molecule has 0 unspecified atom stereocenters. The van der Waals surface area contributed by atoms with Gasteiger partial charge < -0.3 is 4.57 Å². The molecule has 53 heavy (non-hydrogen) atoms. The van der Waals surface area contributed by atoms with Crippen molar-refractivity contribution in [1.29, 1.82) is 0 Å². The average molecular weight is 701 g/mol. The monoisotopic (exact) mass is 700 g/mol. The van der Waals surface area contributed by atoms with Gasteiger partial charge in [0.2, 0.25) is 0 Å². The molecule has 1 aromatic heterocycles. The Bertz CT molecular complexity index is 2590. The van der Waals surface area contributed by atoms with E-state index in [1.807, 2.05) is 32.0 Å². The summed E-state index contributed by atoms with van der Waals surface area (Å²) >= 11 is 1.80. The Morgan fingerprint density at radius 1 is 0.528 bits per heavy atom. The van der Waals surface area contributed by atoms with Crippen LogP contribution >= 0.6 is 11.8 Å². The molecule has 2 heterocycles. The topological polar surface area (TPSA) is 17.3 Å². The van der Waals surface area contributed by atoms with Gasteiger partial charge >= 0.3 is 0 Å². The van der Waals surface area contributed by atoms with Gasteiger partial charge in [0.1, 0.15) is 0 Å². The summed E-state index contributed by atoms with van der Waals surface area (Å²) in [5.41, 5.74) is 14.6. The van der Waals surface area contributed by atoms with Crippen molar-refractivity contribution in [3.63, 3.8) is 0 Å². The third kappa shape index (κ3) is 6.45. The maximum atomic E-state index is 5.26. The van der Waals surface area contributed by atoms with Crippen LogP contribution in [0.4, 0.5) is 0 Å². The number of rotatable bonds is 6. The standard InChI is InChI=1S/C48H34N2S.C2H6/c1-32(34-21-23-37(24-22-34)36-15-7-4-8-16-36)48-47(49-33(2)35-13-5-3-6-14-35)43-31-39(27-30-46(43)51-48)38-25-28-40(29-26-38)50-44-19-11-9-17-41(44)42-18-10-12-20-45(42)50;1-2/h3-31H,2H2,1H3;1-2H3/b48-32-,49-47?;. The summed E-state index contributed by atoms with van der Waals surface area (Å²) in [5.74, 6) is 0. The molecule has 2 nitrogen and oxygen atoms in total. The molecule has 1 aliphatic rings. The van der Waals surface area contributed by atoms with Crippen molar-refractivity contribution >= 4 is 50.5 Å². The summed E-state index contributed by atoms with van der Waals surface area (Å²) in [4.78, 5) is 7.63.